The Kier molecular flexibility index (Phi) is 3.54. The number of likely N-dealkylation sites (tertiary alicyclic amines) is 1. The van der Waals surface area contributed by atoms with Gasteiger partial charge in [0.05, 0.1) is 6.61 Å². The lowest BCUT2D eigenvalue weighted by molar-refractivity contribution is -0.149. The Bertz CT molecular complexity index is 289. The van der Waals surface area contributed by atoms with Gasteiger partial charge in [-0.2, -0.15) is 0 Å². The Morgan fingerprint density at radius 2 is 2.12 bits per heavy atom. The number of hydrogen-bond donors (Lipinski definition) is 1. The zero-order chi connectivity index (χ0) is 12.4. The molecule has 0 radical (unpaired) electrons. The van der Waals surface area contributed by atoms with Gasteiger partial charge in [-0.25, -0.2) is 9.59 Å². The number of nitrogens with zero attached hydrogens (tertiary/aromatic N) is 1. The molecule has 1 aliphatic carbocycles. The van der Waals surface area contributed by atoms with Gasteiger partial charge in [0.25, 0.3) is 0 Å². The molecule has 0 aromatic rings. The summed E-state index contributed by atoms with van der Waals surface area (Å²) in [7, 11) is 0. The Balaban J connectivity index is 2.11. The second kappa shape index (κ2) is 4.94. The molecule has 2 amide bonds. The molecule has 2 bridgehead atoms. The van der Waals surface area contributed by atoms with E-state index in [9.17, 15) is 9.59 Å². The molecule has 0 unspecified atom stereocenters. The summed E-state index contributed by atoms with van der Waals surface area (Å²) in [5.41, 5.74) is 0. The maximum atomic E-state index is 12.0. The minimum atomic E-state index is -0.361. The van der Waals surface area contributed by atoms with Crippen LogP contribution in [0.3, 0.4) is 0 Å². The normalized spacial score (nSPS) is 30.5. The van der Waals surface area contributed by atoms with Gasteiger partial charge >= 0.3 is 12.0 Å². The van der Waals surface area contributed by atoms with Gasteiger partial charge in [0, 0.05) is 12.6 Å². The minimum absolute atomic E-state index is 0.127. The molecule has 5 heteroatoms. The van der Waals surface area contributed by atoms with E-state index in [4.69, 9.17) is 4.74 Å². The minimum Gasteiger partial charge on any atom is -0.464 e. The first-order valence-corrected chi connectivity index (χ1v) is 6.41. The standard InChI is InChI=1S/C12H20N2O3/c1-3-13-12(16)14-9-6-5-8(7-9)10(14)11(15)17-4-2/h8-10H,3-7H2,1-2H3,(H,13,16)/t8-,9-,10-/m1/s1. The van der Waals surface area contributed by atoms with Crippen LogP contribution in [-0.4, -0.2) is 42.1 Å². The number of urea groups is 1. The topological polar surface area (TPSA) is 58.6 Å². The fourth-order valence-corrected chi connectivity index (χ4v) is 3.05. The Hall–Kier alpha value is -1.26. The second-order valence-electron chi connectivity index (χ2n) is 4.67. The fraction of sp³-hybridized carbons (Fsp3) is 0.833. The van der Waals surface area contributed by atoms with Crippen molar-refractivity contribution in [1.29, 1.82) is 0 Å². The summed E-state index contributed by atoms with van der Waals surface area (Å²) in [6.45, 7) is 4.63. The van der Waals surface area contributed by atoms with Gasteiger partial charge in [-0.15, -0.1) is 0 Å². The van der Waals surface area contributed by atoms with Crippen molar-refractivity contribution in [2.45, 2.75) is 45.2 Å². The molecule has 1 N–H and O–H groups in total. The van der Waals surface area contributed by atoms with E-state index in [2.05, 4.69) is 5.32 Å². The highest BCUT2D eigenvalue weighted by Gasteiger charge is 2.51. The van der Waals surface area contributed by atoms with E-state index in [1.54, 1.807) is 11.8 Å². The van der Waals surface area contributed by atoms with Crippen LogP contribution in [0.1, 0.15) is 33.1 Å². The molecule has 2 aliphatic rings. The number of esters is 1. The summed E-state index contributed by atoms with van der Waals surface area (Å²) >= 11 is 0. The zero-order valence-corrected chi connectivity index (χ0v) is 10.4. The summed E-state index contributed by atoms with van der Waals surface area (Å²) in [6, 6.07) is -0.265. The maximum Gasteiger partial charge on any atom is 0.329 e. The van der Waals surface area contributed by atoms with Gasteiger partial charge in [0.2, 0.25) is 0 Å². The van der Waals surface area contributed by atoms with Crippen LogP contribution in [0.5, 0.6) is 0 Å². The van der Waals surface area contributed by atoms with Crippen molar-refractivity contribution in [2.75, 3.05) is 13.2 Å². The van der Waals surface area contributed by atoms with Crippen LogP contribution in [-0.2, 0) is 9.53 Å². The molecule has 0 aromatic heterocycles. The average molecular weight is 240 g/mol. The first-order chi connectivity index (χ1) is 8.19. The summed E-state index contributed by atoms with van der Waals surface area (Å²) in [5, 5.41) is 2.78. The van der Waals surface area contributed by atoms with Gasteiger partial charge in [-0.05, 0) is 39.0 Å². The molecule has 96 valence electrons. The quantitative estimate of drug-likeness (QED) is 0.752. The molecule has 3 atom stereocenters. The Morgan fingerprint density at radius 3 is 2.76 bits per heavy atom. The molecular weight excluding hydrogens is 220 g/mol. The van der Waals surface area contributed by atoms with Crippen molar-refractivity contribution >= 4 is 12.0 Å². The second-order valence-corrected chi connectivity index (χ2v) is 4.67. The molecule has 1 heterocycles. The van der Waals surface area contributed by atoms with E-state index in [1.165, 1.54) is 0 Å². The number of piperidine rings is 1. The highest BCUT2D eigenvalue weighted by molar-refractivity contribution is 5.85. The average Bonchev–Trinajstić information content (AvgIpc) is 2.89. The van der Waals surface area contributed by atoms with Crippen molar-refractivity contribution in [3.63, 3.8) is 0 Å². The van der Waals surface area contributed by atoms with E-state index in [0.717, 1.165) is 19.3 Å². The molecule has 17 heavy (non-hydrogen) atoms. The summed E-state index contributed by atoms with van der Waals surface area (Å²) in [5.74, 6) is 0.0487. The number of ether oxygens (including phenoxy) is 1. The van der Waals surface area contributed by atoms with Crippen LogP contribution >= 0.6 is 0 Å². The van der Waals surface area contributed by atoms with Crippen LogP contribution in [0.2, 0.25) is 0 Å². The molecule has 1 aliphatic heterocycles. The van der Waals surface area contributed by atoms with Crippen LogP contribution in [0.25, 0.3) is 0 Å². The van der Waals surface area contributed by atoms with Crippen molar-refractivity contribution < 1.29 is 14.3 Å². The number of fused-ring (bicyclic) bond motifs is 2. The first kappa shape index (κ1) is 12.2. The number of rotatable bonds is 3. The third-order valence-corrected chi connectivity index (χ3v) is 3.68. The van der Waals surface area contributed by atoms with Crippen LogP contribution in [0.15, 0.2) is 0 Å². The monoisotopic (exact) mass is 240 g/mol. The third-order valence-electron chi connectivity index (χ3n) is 3.68. The Labute approximate surface area is 101 Å². The number of nitrogens with one attached hydrogen (secondary N) is 1. The number of hydrogen-bond acceptors (Lipinski definition) is 3. The maximum absolute atomic E-state index is 12.0. The molecule has 5 nitrogen and oxygen atoms in total. The smallest absolute Gasteiger partial charge is 0.329 e. The van der Waals surface area contributed by atoms with E-state index in [1.807, 2.05) is 6.92 Å². The van der Waals surface area contributed by atoms with Gasteiger partial charge in [0.1, 0.15) is 6.04 Å². The lowest BCUT2D eigenvalue weighted by atomic mass is 9.99. The highest BCUT2D eigenvalue weighted by atomic mass is 16.5. The van der Waals surface area contributed by atoms with Gasteiger partial charge in [-0.3, -0.25) is 0 Å². The predicted molar refractivity (Wildman–Crippen MR) is 62.5 cm³/mol. The van der Waals surface area contributed by atoms with E-state index >= 15 is 0 Å². The SMILES string of the molecule is CCNC(=O)N1[C@@H]2CC[C@H](C2)[C@@H]1C(=O)OCC. The first-order valence-electron chi connectivity index (χ1n) is 6.41. The van der Waals surface area contributed by atoms with Crippen LogP contribution in [0.4, 0.5) is 4.79 Å². The van der Waals surface area contributed by atoms with Crippen molar-refractivity contribution in [2.24, 2.45) is 5.92 Å². The fourth-order valence-electron chi connectivity index (χ4n) is 3.05. The molecular formula is C12H20N2O3. The summed E-state index contributed by atoms with van der Waals surface area (Å²) in [4.78, 5) is 25.6. The predicted octanol–water partition coefficient (Wildman–Crippen LogP) is 1.13. The Morgan fingerprint density at radius 1 is 1.35 bits per heavy atom. The zero-order valence-electron chi connectivity index (χ0n) is 10.4. The molecule has 0 spiro atoms. The lowest BCUT2D eigenvalue weighted by Gasteiger charge is -2.33. The molecule has 1 saturated carbocycles. The molecule has 2 fully saturated rings. The van der Waals surface area contributed by atoms with Gasteiger partial charge in [0.15, 0.2) is 0 Å². The lowest BCUT2D eigenvalue weighted by Crippen LogP contribution is -2.53. The van der Waals surface area contributed by atoms with E-state index in [0.29, 0.717) is 19.1 Å². The molecule has 1 saturated heterocycles. The highest BCUT2D eigenvalue weighted by Crippen LogP contribution is 2.42. The molecule has 2 rings (SSSR count). The largest absolute Gasteiger partial charge is 0.464 e. The van der Waals surface area contributed by atoms with Crippen molar-refractivity contribution in [1.82, 2.24) is 10.2 Å². The molecule has 0 aromatic carbocycles. The summed E-state index contributed by atoms with van der Waals surface area (Å²) in [6.07, 6.45) is 2.99. The van der Waals surface area contributed by atoms with Crippen molar-refractivity contribution in [3.8, 4) is 0 Å². The number of carbonyl (C=O) groups is 2. The van der Waals surface area contributed by atoms with Crippen molar-refractivity contribution in [3.05, 3.63) is 0 Å². The number of carbonyl (C=O) groups excluding carboxylic acids is 2. The van der Waals surface area contributed by atoms with E-state index < -0.39 is 0 Å². The van der Waals surface area contributed by atoms with Gasteiger partial charge < -0.3 is 15.0 Å². The third kappa shape index (κ3) is 2.10. The number of amides is 2. The summed E-state index contributed by atoms with van der Waals surface area (Å²) < 4.78 is 5.08. The van der Waals surface area contributed by atoms with Gasteiger partial charge in [-0.1, -0.05) is 0 Å². The van der Waals surface area contributed by atoms with E-state index in [-0.39, 0.29) is 24.1 Å². The van der Waals surface area contributed by atoms with Crippen LogP contribution < -0.4 is 5.32 Å². The van der Waals surface area contributed by atoms with Crippen LogP contribution in [0, 0.1) is 5.92 Å².